The molecule has 0 radical (unpaired) electrons. The van der Waals surface area contributed by atoms with Gasteiger partial charge in [-0.15, -0.1) is 0 Å². The summed E-state index contributed by atoms with van der Waals surface area (Å²) in [5, 5.41) is 0. The van der Waals surface area contributed by atoms with Crippen LogP contribution in [0.2, 0.25) is 19.6 Å². The highest BCUT2D eigenvalue weighted by Crippen LogP contribution is 2.16. The van der Waals surface area contributed by atoms with E-state index < -0.39 is 8.24 Å². The molecule has 5 heteroatoms. The van der Waals surface area contributed by atoms with Crippen LogP contribution in [0.1, 0.15) is 13.8 Å². The van der Waals surface area contributed by atoms with Gasteiger partial charge in [0.05, 0.1) is 12.5 Å². The van der Waals surface area contributed by atoms with Gasteiger partial charge >= 0.3 is 5.97 Å². The summed E-state index contributed by atoms with van der Waals surface area (Å²) in [5.41, 5.74) is 0. The molecule has 17 heavy (non-hydrogen) atoms. The third-order valence-corrected chi connectivity index (χ3v) is 5.49. The van der Waals surface area contributed by atoms with Crippen LogP contribution >= 0.6 is 0 Å². The molecule has 1 rings (SSSR count). The number of carbonyl (C=O) groups excluding carboxylic acids is 1. The van der Waals surface area contributed by atoms with Crippen LogP contribution in [0.15, 0.2) is 0 Å². The van der Waals surface area contributed by atoms with Crippen LogP contribution in [0.3, 0.4) is 0 Å². The molecule has 1 saturated heterocycles. The van der Waals surface area contributed by atoms with Crippen molar-refractivity contribution >= 4 is 14.2 Å². The molecule has 0 aromatic carbocycles. The van der Waals surface area contributed by atoms with E-state index in [2.05, 4.69) is 29.1 Å². The first-order valence-electron chi connectivity index (χ1n) is 6.48. The fourth-order valence-electron chi connectivity index (χ4n) is 2.09. The summed E-state index contributed by atoms with van der Waals surface area (Å²) in [7, 11) is -1.18. The highest BCUT2D eigenvalue weighted by atomic mass is 28.3. The van der Waals surface area contributed by atoms with E-state index in [9.17, 15) is 4.79 Å². The summed E-state index contributed by atoms with van der Waals surface area (Å²) in [4.78, 5) is 13.9. The molecule has 0 saturated carbocycles. The van der Waals surface area contributed by atoms with Crippen molar-refractivity contribution in [1.29, 1.82) is 0 Å². The molecule has 0 amide bonds. The van der Waals surface area contributed by atoms with Crippen molar-refractivity contribution in [2.75, 3.05) is 32.9 Å². The lowest BCUT2D eigenvalue weighted by molar-refractivity contribution is -0.147. The Morgan fingerprint density at radius 1 is 1.35 bits per heavy atom. The Bertz CT molecular complexity index is 266. The molecule has 0 spiro atoms. The maximum Gasteiger partial charge on any atom is 0.309 e. The SMILES string of the molecule is CCOC(=O)C(C)CN1CCN([Si](C)(C)C)C1. The van der Waals surface area contributed by atoms with Gasteiger partial charge in [-0.25, -0.2) is 0 Å². The minimum atomic E-state index is -1.18. The van der Waals surface area contributed by atoms with Crippen LogP contribution in [-0.4, -0.2) is 56.6 Å². The van der Waals surface area contributed by atoms with Gasteiger partial charge in [0.25, 0.3) is 0 Å². The van der Waals surface area contributed by atoms with Crippen molar-refractivity contribution in [3.05, 3.63) is 0 Å². The highest BCUT2D eigenvalue weighted by molar-refractivity contribution is 6.73. The van der Waals surface area contributed by atoms with Crippen LogP contribution in [0.25, 0.3) is 0 Å². The molecule has 1 aliphatic heterocycles. The van der Waals surface area contributed by atoms with Gasteiger partial charge in [-0.05, 0) is 6.92 Å². The second-order valence-corrected chi connectivity index (χ2v) is 10.8. The molecule has 1 fully saturated rings. The van der Waals surface area contributed by atoms with E-state index in [0.717, 1.165) is 26.3 Å². The Hall–Kier alpha value is -0.393. The minimum absolute atomic E-state index is 0.0171. The third-order valence-electron chi connectivity index (χ3n) is 3.23. The van der Waals surface area contributed by atoms with E-state index in [4.69, 9.17) is 4.74 Å². The Labute approximate surface area is 106 Å². The smallest absolute Gasteiger partial charge is 0.309 e. The number of hydrogen-bond acceptors (Lipinski definition) is 4. The summed E-state index contributed by atoms with van der Waals surface area (Å²) in [6.07, 6.45) is 0. The molecule has 100 valence electrons. The summed E-state index contributed by atoms with van der Waals surface area (Å²) in [5.74, 6) is -0.0875. The average molecular weight is 258 g/mol. The zero-order valence-corrected chi connectivity index (χ0v) is 12.8. The Morgan fingerprint density at radius 3 is 2.47 bits per heavy atom. The van der Waals surface area contributed by atoms with Gasteiger partial charge in [-0.1, -0.05) is 26.6 Å². The molecule has 0 aromatic heterocycles. The molecule has 0 aromatic rings. The van der Waals surface area contributed by atoms with Crippen molar-refractivity contribution in [3.63, 3.8) is 0 Å². The van der Waals surface area contributed by atoms with E-state index in [1.807, 2.05) is 13.8 Å². The van der Waals surface area contributed by atoms with Gasteiger partial charge in [0.15, 0.2) is 0 Å². The topological polar surface area (TPSA) is 32.8 Å². The first kappa shape index (κ1) is 14.7. The van der Waals surface area contributed by atoms with Crippen LogP contribution in [-0.2, 0) is 9.53 Å². The van der Waals surface area contributed by atoms with E-state index in [1.165, 1.54) is 0 Å². The van der Waals surface area contributed by atoms with Crippen LogP contribution < -0.4 is 0 Å². The Morgan fingerprint density at radius 2 is 2.00 bits per heavy atom. The van der Waals surface area contributed by atoms with Crippen molar-refractivity contribution < 1.29 is 9.53 Å². The van der Waals surface area contributed by atoms with Crippen molar-refractivity contribution in [3.8, 4) is 0 Å². The van der Waals surface area contributed by atoms with Gasteiger partial charge in [0, 0.05) is 26.3 Å². The average Bonchev–Trinajstić information content (AvgIpc) is 2.66. The predicted molar refractivity (Wildman–Crippen MR) is 72.3 cm³/mol. The summed E-state index contributed by atoms with van der Waals surface area (Å²) >= 11 is 0. The van der Waals surface area contributed by atoms with Crippen molar-refractivity contribution in [2.24, 2.45) is 5.92 Å². The minimum Gasteiger partial charge on any atom is -0.466 e. The van der Waals surface area contributed by atoms with Gasteiger partial charge in [0.2, 0.25) is 0 Å². The first-order chi connectivity index (χ1) is 7.84. The number of carbonyl (C=O) groups is 1. The summed E-state index contributed by atoms with van der Waals surface area (Å²) < 4.78 is 7.61. The molecule has 0 aliphatic carbocycles. The molecular formula is C12H26N2O2Si. The lowest BCUT2D eigenvalue weighted by Gasteiger charge is -2.30. The molecule has 1 atom stereocenters. The number of esters is 1. The maximum atomic E-state index is 11.6. The van der Waals surface area contributed by atoms with Gasteiger partial charge < -0.3 is 9.30 Å². The lowest BCUT2D eigenvalue weighted by Crippen LogP contribution is -2.45. The Kier molecular flexibility index (Phi) is 5.16. The van der Waals surface area contributed by atoms with Crippen LogP contribution in [0.4, 0.5) is 0 Å². The molecule has 1 heterocycles. The zero-order chi connectivity index (χ0) is 13.1. The predicted octanol–water partition coefficient (Wildman–Crippen LogP) is 1.60. The third kappa shape index (κ3) is 4.41. The molecule has 0 N–H and O–H groups in total. The second kappa shape index (κ2) is 5.98. The molecule has 1 unspecified atom stereocenters. The van der Waals surface area contributed by atoms with E-state index >= 15 is 0 Å². The lowest BCUT2D eigenvalue weighted by atomic mass is 10.2. The van der Waals surface area contributed by atoms with E-state index in [1.54, 1.807) is 0 Å². The first-order valence-corrected chi connectivity index (χ1v) is 9.93. The van der Waals surface area contributed by atoms with E-state index in [0.29, 0.717) is 6.61 Å². The Balaban J connectivity index is 2.37. The highest BCUT2D eigenvalue weighted by Gasteiger charge is 2.31. The normalized spacial score (nSPS) is 20.5. The van der Waals surface area contributed by atoms with Crippen LogP contribution in [0.5, 0.6) is 0 Å². The number of ether oxygens (including phenoxy) is 1. The zero-order valence-electron chi connectivity index (χ0n) is 11.8. The van der Waals surface area contributed by atoms with Gasteiger partial charge in [-0.3, -0.25) is 9.69 Å². The second-order valence-electron chi connectivity index (χ2n) is 5.81. The molecule has 4 nitrogen and oxygen atoms in total. The quantitative estimate of drug-likeness (QED) is 0.554. The fraction of sp³-hybridized carbons (Fsp3) is 0.917. The molecular weight excluding hydrogens is 232 g/mol. The van der Waals surface area contributed by atoms with Crippen molar-refractivity contribution in [2.45, 2.75) is 33.5 Å². The van der Waals surface area contributed by atoms with E-state index in [-0.39, 0.29) is 11.9 Å². The standard InChI is InChI=1S/C12H26N2O2Si/c1-6-16-12(15)11(2)9-13-7-8-14(10-13)17(3,4)5/h11H,6-10H2,1-5H3. The number of rotatable bonds is 5. The monoisotopic (exact) mass is 258 g/mol. The largest absolute Gasteiger partial charge is 0.466 e. The summed E-state index contributed by atoms with van der Waals surface area (Å²) in [6, 6.07) is 0. The number of hydrogen-bond donors (Lipinski definition) is 0. The number of nitrogens with zero attached hydrogens (tertiary/aromatic N) is 2. The van der Waals surface area contributed by atoms with Gasteiger partial charge in [-0.2, -0.15) is 0 Å². The van der Waals surface area contributed by atoms with Gasteiger partial charge in [0.1, 0.15) is 8.24 Å². The van der Waals surface area contributed by atoms with Crippen molar-refractivity contribution in [1.82, 2.24) is 9.47 Å². The molecule has 1 aliphatic rings. The van der Waals surface area contributed by atoms with Crippen LogP contribution in [0, 0.1) is 5.92 Å². The molecule has 0 bridgehead atoms. The maximum absolute atomic E-state index is 11.6. The fourth-order valence-corrected chi connectivity index (χ4v) is 3.48. The summed E-state index contributed by atoms with van der Waals surface area (Å²) in [6.45, 7) is 15.4.